The maximum absolute atomic E-state index is 6.02. The standard InChI is InChI=1S/C17H23NO3/c1-12-16(14-5-3-4-6-15(14)21-12)17-13(7-9-20-17)11-18-8-10-19-2/h3-6,13,17-18H,7-11H2,1-2H3. The highest BCUT2D eigenvalue weighted by Gasteiger charge is 2.33. The molecule has 0 spiro atoms. The van der Waals surface area contributed by atoms with Crippen LogP contribution in [0.4, 0.5) is 0 Å². The molecule has 0 aliphatic carbocycles. The SMILES string of the molecule is COCCNCC1CCOC1c1c(C)oc2ccccc12. The fourth-order valence-corrected chi connectivity index (χ4v) is 3.16. The van der Waals surface area contributed by atoms with E-state index in [1.807, 2.05) is 19.1 Å². The van der Waals surface area contributed by atoms with Crippen molar-refractivity contribution in [2.45, 2.75) is 19.4 Å². The molecule has 2 heterocycles. The Labute approximate surface area is 125 Å². The van der Waals surface area contributed by atoms with Gasteiger partial charge in [0.15, 0.2) is 0 Å². The van der Waals surface area contributed by atoms with Crippen molar-refractivity contribution in [3.8, 4) is 0 Å². The van der Waals surface area contributed by atoms with Crippen LogP contribution in [0.25, 0.3) is 11.0 Å². The van der Waals surface area contributed by atoms with Crippen molar-refractivity contribution in [1.29, 1.82) is 0 Å². The number of nitrogens with one attached hydrogen (secondary N) is 1. The van der Waals surface area contributed by atoms with Gasteiger partial charge in [0.25, 0.3) is 0 Å². The lowest BCUT2D eigenvalue weighted by atomic mass is 9.93. The molecule has 3 rings (SSSR count). The molecule has 1 saturated heterocycles. The molecule has 2 aromatic rings. The van der Waals surface area contributed by atoms with Gasteiger partial charge >= 0.3 is 0 Å². The summed E-state index contributed by atoms with van der Waals surface area (Å²) in [4.78, 5) is 0. The van der Waals surface area contributed by atoms with Crippen LogP contribution >= 0.6 is 0 Å². The molecule has 0 saturated carbocycles. The van der Waals surface area contributed by atoms with Crippen LogP contribution in [0.3, 0.4) is 0 Å². The molecule has 0 amide bonds. The van der Waals surface area contributed by atoms with E-state index in [4.69, 9.17) is 13.9 Å². The smallest absolute Gasteiger partial charge is 0.134 e. The quantitative estimate of drug-likeness (QED) is 0.830. The number of hydrogen-bond donors (Lipinski definition) is 1. The van der Waals surface area contributed by atoms with Gasteiger partial charge in [-0.2, -0.15) is 0 Å². The lowest BCUT2D eigenvalue weighted by Gasteiger charge is -2.19. The molecule has 2 atom stereocenters. The minimum atomic E-state index is 0.128. The number of benzene rings is 1. The molecular formula is C17H23NO3. The van der Waals surface area contributed by atoms with Crippen LogP contribution in [0.2, 0.25) is 0 Å². The van der Waals surface area contributed by atoms with Crippen LogP contribution in [-0.4, -0.2) is 33.4 Å². The second-order valence-corrected chi connectivity index (χ2v) is 5.61. The predicted molar refractivity (Wildman–Crippen MR) is 82.5 cm³/mol. The molecule has 1 aromatic carbocycles. The van der Waals surface area contributed by atoms with Gasteiger partial charge in [-0.3, -0.25) is 0 Å². The van der Waals surface area contributed by atoms with Crippen LogP contribution in [0.15, 0.2) is 28.7 Å². The third kappa shape index (κ3) is 2.98. The second kappa shape index (κ2) is 6.60. The summed E-state index contributed by atoms with van der Waals surface area (Å²) in [5, 5.41) is 4.64. The van der Waals surface area contributed by atoms with Gasteiger partial charge < -0.3 is 19.2 Å². The lowest BCUT2D eigenvalue weighted by molar-refractivity contribution is 0.0896. The zero-order valence-corrected chi connectivity index (χ0v) is 12.7. The van der Waals surface area contributed by atoms with Gasteiger partial charge in [0.05, 0.1) is 12.7 Å². The second-order valence-electron chi connectivity index (χ2n) is 5.61. The Kier molecular flexibility index (Phi) is 4.58. The highest BCUT2D eigenvalue weighted by Crippen LogP contribution is 2.40. The number of fused-ring (bicyclic) bond motifs is 1. The minimum absolute atomic E-state index is 0.128. The highest BCUT2D eigenvalue weighted by molar-refractivity contribution is 5.82. The molecule has 4 heteroatoms. The Hall–Kier alpha value is -1.36. The molecule has 21 heavy (non-hydrogen) atoms. The molecule has 1 N–H and O–H groups in total. The molecule has 2 unspecified atom stereocenters. The Balaban J connectivity index is 1.78. The maximum atomic E-state index is 6.02. The number of para-hydroxylation sites is 1. The highest BCUT2D eigenvalue weighted by atomic mass is 16.5. The van der Waals surface area contributed by atoms with E-state index in [0.29, 0.717) is 5.92 Å². The zero-order chi connectivity index (χ0) is 14.7. The van der Waals surface area contributed by atoms with Crippen molar-refractivity contribution in [3.63, 3.8) is 0 Å². The van der Waals surface area contributed by atoms with Crippen molar-refractivity contribution in [3.05, 3.63) is 35.6 Å². The Morgan fingerprint density at radius 3 is 3.05 bits per heavy atom. The molecular weight excluding hydrogens is 266 g/mol. The minimum Gasteiger partial charge on any atom is -0.461 e. The number of methoxy groups -OCH3 is 1. The van der Waals surface area contributed by atoms with Gasteiger partial charge in [-0.25, -0.2) is 0 Å². The topological polar surface area (TPSA) is 43.6 Å². The number of rotatable bonds is 6. The monoisotopic (exact) mass is 289 g/mol. The molecule has 114 valence electrons. The normalized spacial score (nSPS) is 22.2. The van der Waals surface area contributed by atoms with Crippen LogP contribution in [0.1, 0.15) is 23.8 Å². The molecule has 1 fully saturated rings. The average Bonchev–Trinajstić information content (AvgIpc) is 3.06. The van der Waals surface area contributed by atoms with Crippen LogP contribution in [-0.2, 0) is 9.47 Å². The van der Waals surface area contributed by atoms with E-state index in [-0.39, 0.29) is 6.10 Å². The predicted octanol–water partition coefficient (Wildman–Crippen LogP) is 3.05. The van der Waals surface area contributed by atoms with Crippen molar-refractivity contribution >= 4 is 11.0 Å². The number of ether oxygens (including phenoxy) is 2. The van der Waals surface area contributed by atoms with E-state index in [1.54, 1.807) is 7.11 Å². The third-order valence-electron chi connectivity index (χ3n) is 4.21. The number of hydrogen-bond acceptors (Lipinski definition) is 4. The first-order chi connectivity index (χ1) is 10.3. The Morgan fingerprint density at radius 1 is 1.33 bits per heavy atom. The summed E-state index contributed by atoms with van der Waals surface area (Å²) in [5.41, 5.74) is 2.17. The van der Waals surface area contributed by atoms with Crippen molar-refractivity contribution < 1.29 is 13.9 Å². The summed E-state index contributed by atoms with van der Waals surface area (Å²) in [7, 11) is 1.73. The summed E-state index contributed by atoms with van der Waals surface area (Å²) in [6, 6.07) is 8.21. The average molecular weight is 289 g/mol. The third-order valence-corrected chi connectivity index (χ3v) is 4.21. The number of aryl methyl sites for hydroxylation is 1. The van der Waals surface area contributed by atoms with E-state index in [2.05, 4.69) is 17.4 Å². The number of furan rings is 1. The van der Waals surface area contributed by atoms with Crippen molar-refractivity contribution in [1.82, 2.24) is 5.32 Å². The zero-order valence-electron chi connectivity index (χ0n) is 12.7. The molecule has 1 aromatic heterocycles. The Bertz CT molecular complexity index is 593. The largest absolute Gasteiger partial charge is 0.461 e. The summed E-state index contributed by atoms with van der Waals surface area (Å²) in [6.07, 6.45) is 1.22. The first-order valence-corrected chi connectivity index (χ1v) is 7.60. The summed E-state index contributed by atoms with van der Waals surface area (Å²) >= 11 is 0. The first-order valence-electron chi connectivity index (χ1n) is 7.60. The first kappa shape index (κ1) is 14.6. The molecule has 4 nitrogen and oxygen atoms in total. The van der Waals surface area contributed by atoms with Crippen molar-refractivity contribution in [2.24, 2.45) is 5.92 Å². The van der Waals surface area contributed by atoms with E-state index in [9.17, 15) is 0 Å². The fraction of sp³-hybridized carbons (Fsp3) is 0.529. The lowest BCUT2D eigenvalue weighted by Crippen LogP contribution is -2.27. The van der Waals surface area contributed by atoms with Gasteiger partial charge in [-0.1, -0.05) is 18.2 Å². The van der Waals surface area contributed by atoms with Gasteiger partial charge in [-0.15, -0.1) is 0 Å². The van der Waals surface area contributed by atoms with Gasteiger partial charge in [0, 0.05) is 43.7 Å². The van der Waals surface area contributed by atoms with E-state index in [0.717, 1.165) is 44.1 Å². The van der Waals surface area contributed by atoms with Gasteiger partial charge in [0.1, 0.15) is 11.3 Å². The molecule has 1 aliphatic heterocycles. The van der Waals surface area contributed by atoms with Crippen molar-refractivity contribution in [2.75, 3.05) is 33.4 Å². The van der Waals surface area contributed by atoms with E-state index in [1.165, 1.54) is 10.9 Å². The maximum Gasteiger partial charge on any atom is 0.134 e. The van der Waals surface area contributed by atoms with Gasteiger partial charge in [-0.05, 0) is 19.4 Å². The Morgan fingerprint density at radius 2 is 2.19 bits per heavy atom. The van der Waals surface area contributed by atoms with Crippen LogP contribution in [0.5, 0.6) is 0 Å². The summed E-state index contributed by atoms with van der Waals surface area (Å²) < 4.78 is 17.0. The van der Waals surface area contributed by atoms with E-state index < -0.39 is 0 Å². The summed E-state index contributed by atoms with van der Waals surface area (Å²) in [5.74, 6) is 1.46. The fourth-order valence-electron chi connectivity index (χ4n) is 3.16. The molecule has 1 aliphatic rings. The van der Waals surface area contributed by atoms with E-state index >= 15 is 0 Å². The summed E-state index contributed by atoms with van der Waals surface area (Å²) in [6.45, 7) is 5.43. The molecule has 0 radical (unpaired) electrons. The van der Waals surface area contributed by atoms with Crippen LogP contribution in [0, 0.1) is 12.8 Å². The van der Waals surface area contributed by atoms with Crippen LogP contribution < -0.4 is 5.32 Å². The molecule has 0 bridgehead atoms. The van der Waals surface area contributed by atoms with Gasteiger partial charge in [0.2, 0.25) is 0 Å².